The van der Waals surface area contributed by atoms with E-state index in [9.17, 15) is 4.79 Å². The summed E-state index contributed by atoms with van der Waals surface area (Å²) >= 11 is 3.51. The van der Waals surface area contributed by atoms with Crippen LogP contribution in [0.25, 0.3) is 0 Å². The fourth-order valence-electron chi connectivity index (χ4n) is 1.93. The van der Waals surface area contributed by atoms with Crippen LogP contribution in [0.2, 0.25) is 0 Å². The summed E-state index contributed by atoms with van der Waals surface area (Å²) in [5.74, 6) is 1.01. The smallest absolute Gasteiger partial charge is 0.241 e. The quantitative estimate of drug-likeness (QED) is 0.793. The molecule has 1 aliphatic rings. The molecule has 0 saturated carbocycles. The van der Waals surface area contributed by atoms with Gasteiger partial charge in [-0.3, -0.25) is 4.79 Å². The van der Waals surface area contributed by atoms with E-state index in [1.807, 2.05) is 31.1 Å². The molecule has 2 heterocycles. The van der Waals surface area contributed by atoms with Crippen molar-refractivity contribution in [1.29, 1.82) is 0 Å². The molecule has 0 aromatic carbocycles. The second kappa shape index (κ2) is 5.04. The minimum Gasteiger partial charge on any atom is -0.346 e. The normalized spacial score (nSPS) is 17.2. The van der Waals surface area contributed by atoms with Gasteiger partial charge in [0.15, 0.2) is 0 Å². The molecule has 0 radical (unpaired) electrons. The zero-order chi connectivity index (χ0) is 12.4. The summed E-state index contributed by atoms with van der Waals surface area (Å²) in [6.45, 7) is 4.09. The highest BCUT2D eigenvalue weighted by atomic mass is 79.9. The Morgan fingerprint density at radius 1 is 1.41 bits per heavy atom. The largest absolute Gasteiger partial charge is 0.346 e. The number of halogens is 1. The number of pyridine rings is 1. The highest BCUT2D eigenvalue weighted by Crippen LogP contribution is 2.25. The molecule has 0 bridgehead atoms. The highest BCUT2D eigenvalue weighted by molar-refractivity contribution is 9.10. The van der Waals surface area contributed by atoms with Gasteiger partial charge in [0.25, 0.3) is 0 Å². The number of rotatable bonds is 1. The first kappa shape index (κ1) is 12.4. The number of nitrogens with zero attached hydrogens (tertiary/aromatic N) is 3. The van der Waals surface area contributed by atoms with Gasteiger partial charge in [0.05, 0.1) is 11.0 Å². The third-order valence-electron chi connectivity index (χ3n) is 2.93. The van der Waals surface area contributed by atoms with E-state index in [1.165, 1.54) is 0 Å². The number of carbonyl (C=O) groups is 1. The van der Waals surface area contributed by atoms with Crippen LogP contribution in [0.4, 0.5) is 5.82 Å². The number of likely N-dealkylation sites (N-methyl/N-ethyl adjacent to an activating group) is 1. The number of aryl methyl sites for hydroxylation is 1. The molecule has 0 unspecified atom stereocenters. The molecule has 1 fully saturated rings. The summed E-state index contributed by atoms with van der Waals surface area (Å²) in [5, 5.41) is 0. The number of hydrogen-bond donors (Lipinski definition) is 0. The molecule has 2 rings (SSSR count). The van der Waals surface area contributed by atoms with Crippen molar-refractivity contribution >= 4 is 27.7 Å². The third-order valence-corrected chi connectivity index (χ3v) is 3.52. The highest BCUT2D eigenvalue weighted by Gasteiger charge is 2.21. The summed E-state index contributed by atoms with van der Waals surface area (Å²) in [7, 11) is 1.85. The van der Waals surface area contributed by atoms with E-state index in [0.717, 1.165) is 35.4 Å². The number of anilines is 1. The maximum Gasteiger partial charge on any atom is 0.241 e. The first-order valence-electron chi connectivity index (χ1n) is 5.69. The molecule has 0 N–H and O–H groups in total. The van der Waals surface area contributed by atoms with Gasteiger partial charge >= 0.3 is 0 Å². The Labute approximate surface area is 110 Å². The predicted octanol–water partition coefficient (Wildman–Crippen LogP) is 1.82. The van der Waals surface area contributed by atoms with E-state index in [2.05, 4.69) is 20.9 Å². The van der Waals surface area contributed by atoms with Crippen LogP contribution in [0, 0.1) is 6.92 Å². The van der Waals surface area contributed by atoms with Crippen molar-refractivity contribution in [2.24, 2.45) is 0 Å². The molecule has 1 aliphatic heterocycles. The molecular formula is C12H16BrN3O. The van der Waals surface area contributed by atoms with Crippen molar-refractivity contribution in [2.75, 3.05) is 31.6 Å². The minimum atomic E-state index is 0.150. The standard InChI is InChI=1S/C12H16BrN3O/c1-9-6-10(13)12(14-7-9)16-5-3-4-15(2)11(17)8-16/h6-7H,3-5,8H2,1-2H3. The van der Waals surface area contributed by atoms with E-state index >= 15 is 0 Å². The Balaban J connectivity index is 2.24. The number of hydrogen-bond acceptors (Lipinski definition) is 3. The van der Waals surface area contributed by atoms with Gasteiger partial charge in [-0.15, -0.1) is 0 Å². The second-order valence-corrected chi connectivity index (χ2v) is 5.26. The molecule has 1 aromatic heterocycles. The van der Waals surface area contributed by atoms with E-state index in [-0.39, 0.29) is 5.91 Å². The fourth-order valence-corrected chi connectivity index (χ4v) is 2.64. The van der Waals surface area contributed by atoms with Crippen molar-refractivity contribution in [3.63, 3.8) is 0 Å². The Hall–Kier alpha value is -1.10. The molecule has 1 saturated heterocycles. The molecule has 1 amide bonds. The van der Waals surface area contributed by atoms with Crippen molar-refractivity contribution in [3.8, 4) is 0 Å². The SMILES string of the molecule is Cc1cnc(N2CCCN(C)C(=O)C2)c(Br)c1. The molecule has 5 heteroatoms. The zero-order valence-corrected chi connectivity index (χ0v) is 11.7. The topological polar surface area (TPSA) is 36.4 Å². The summed E-state index contributed by atoms with van der Waals surface area (Å²) in [6, 6.07) is 2.03. The van der Waals surface area contributed by atoms with Crippen LogP contribution in [-0.4, -0.2) is 42.5 Å². The zero-order valence-electron chi connectivity index (χ0n) is 10.1. The summed E-state index contributed by atoms with van der Waals surface area (Å²) < 4.78 is 0.954. The second-order valence-electron chi connectivity index (χ2n) is 4.41. The van der Waals surface area contributed by atoms with Crippen LogP contribution in [0.1, 0.15) is 12.0 Å². The lowest BCUT2D eigenvalue weighted by Crippen LogP contribution is -2.34. The average Bonchev–Trinajstić information content (AvgIpc) is 2.42. The van der Waals surface area contributed by atoms with Crippen LogP contribution < -0.4 is 4.90 Å². The lowest BCUT2D eigenvalue weighted by atomic mass is 10.3. The van der Waals surface area contributed by atoms with Crippen LogP contribution in [0.5, 0.6) is 0 Å². The number of amides is 1. The Morgan fingerprint density at radius 3 is 2.88 bits per heavy atom. The van der Waals surface area contributed by atoms with Crippen molar-refractivity contribution in [1.82, 2.24) is 9.88 Å². The molecule has 92 valence electrons. The van der Waals surface area contributed by atoms with Crippen LogP contribution in [-0.2, 0) is 4.79 Å². The summed E-state index contributed by atoms with van der Waals surface area (Å²) in [5.41, 5.74) is 1.11. The maximum atomic E-state index is 11.8. The van der Waals surface area contributed by atoms with Crippen molar-refractivity contribution in [2.45, 2.75) is 13.3 Å². The van der Waals surface area contributed by atoms with Gasteiger partial charge < -0.3 is 9.80 Å². The fraction of sp³-hybridized carbons (Fsp3) is 0.500. The lowest BCUT2D eigenvalue weighted by Gasteiger charge is -2.22. The number of carbonyl (C=O) groups excluding carboxylic acids is 1. The molecular weight excluding hydrogens is 282 g/mol. The van der Waals surface area contributed by atoms with Gasteiger partial charge in [-0.2, -0.15) is 0 Å². The van der Waals surface area contributed by atoms with E-state index in [0.29, 0.717) is 6.54 Å². The third kappa shape index (κ3) is 2.77. The van der Waals surface area contributed by atoms with Crippen molar-refractivity contribution in [3.05, 3.63) is 22.3 Å². The molecule has 1 aromatic rings. The van der Waals surface area contributed by atoms with E-state index in [4.69, 9.17) is 0 Å². The average molecular weight is 298 g/mol. The van der Waals surface area contributed by atoms with Crippen molar-refractivity contribution < 1.29 is 4.79 Å². The van der Waals surface area contributed by atoms with Gasteiger partial charge in [-0.05, 0) is 40.9 Å². The first-order valence-corrected chi connectivity index (χ1v) is 6.48. The molecule has 0 spiro atoms. The summed E-state index contributed by atoms with van der Waals surface area (Å²) in [4.78, 5) is 20.0. The molecule has 0 atom stereocenters. The Bertz CT molecular complexity index is 436. The molecule has 17 heavy (non-hydrogen) atoms. The van der Waals surface area contributed by atoms with Gasteiger partial charge in [-0.25, -0.2) is 4.98 Å². The molecule has 0 aliphatic carbocycles. The Kier molecular flexibility index (Phi) is 3.66. The van der Waals surface area contributed by atoms with Crippen LogP contribution in [0.15, 0.2) is 16.7 Å². The van der Waals surface area contributed by atoms with Crippen LogP contribution >= 0.6 is 15.9 Å². The monoisotopic (exact) mass is 297 g/mol. The van der Waals surface area contributed by atoms with Crippen LogP contribution in [0.3, 0.4) is 0 Å². The maximum absolute atomic E-state index is 11.8. The summed E-state index contributed by atoms with van der Waals surface area (Å²) in [6.07, 6.45) is 2.81. The van der Waals surface area contributed by atoms with Gasteiger partial charge in [0, 0.05) is 26.3 Å². The van der Waals surface area contributed by atoms with E-state index < -0.39 is 0 Å². The van der Waals surface area contributed by atoms with Gasteiger partial charge in [0.2, 0.25) is 5.91 Å². The predicted molar refractivity (Wildman–Crippen MR) is 71.1 cm³/mol. The molecule has 4 nitrogen and oxygen atoms in total. The van der Waals surface area contributed by atoms with E-state index in [1.54, 1.807) is 4.90 Å². The first-order chi connectivity index (χ1) is 8.08. The lowest BCUT2D eigenvalue weighted by molar-refractivity contribution is -0.127. The minimum absolute atomic E-state index is 0.150. The number of aromatic nitrogens is 1. The Morgan fingerprint density at radius 2 is 2.18 bits per heavy atom. The van der Waals surface area contributed by atoms with Gasteiger partial charge in [0.1, 0.15) is 5.82 Å². The van der Waals surface area contributed by atoms with Gasteiger partial charge in [-0.1, -0.05) is 0 Å².